The van der Waals surface area contributed by atoms with Crippen LogP contribution in [0.25, 0.3) is 0 Å². The SMILES string of the molecule is Cc1ccc(N2C(=O)c3ccc(C(=O)O[C@H]4CO[C@H]5[C@@H]4OC[C@H]5OC(=O)c4ccc5c(c4)C(=O)N(C)C5=O)cc3C2=O)cc1. The van der Waals surface area contributed by atoms with Crippen LogP contribution in [0.2, 0.25) is 0 Å². The summed E-state index contributed by atoms with van der Waals surface area (Å²) in [5.74, 6) is -3.42. The van der Waals surface area contributed by atoms with Gasteiger partial charge in [-0.1, -0.05) is 17.7 Å². The minimum atomic E-state index is -0.815. The maximum atomic E-state index is 13.1. The van der Waals surface area contributed by atoms with Crippen LogP contribution in [0.1, 0.15) is 67.7 Å². The summed E-state index contributed by atoms with van der Waals surface area (Å²) < 4.78 is 22.8. The van der Waals surface area contributed by atoms with E-state index in [-0.39, 0.29) is 46.6 Å². The maximum absolute atomic E-state index is 13.1. The number of fused-ring (bicyclic) bond motifs is 3. The minimum absolute atomic E-state index is 0.00940. The second-order valence-electron chi connectivity index (χ2n) is 11.0. The lowest BCUT2D eigenvalue weighted by Crippen LogP contribution is -2.36. The molecule has 7 rings (SSSR count). The van der Waals surface area contributed by atoms with Gasteiger partial charge in [-0.3, -0.25) is 24.1 Å². The molecule has 0 N–H and O–H groups in total. The van der Waals surface area contributed by atoms with Crippen LogP contribution in [-0.2, 0) is 18.9 Å². The first-order valence-electron chi connectivity index (χ1n) is 13.8. The summed E-state index contributed by atoms with van der Waals surface area (Å²) in [4.78, 5) is 78.6. The van der Waals surface area contributed by atoms with Crippen molar-refractivity contribution in [2.75, 3.05) is 25.2 Å². The Bertz CT molecular complexity index is 1800. The molecule has 4 aliphatic rings. The number of rotatable bonds is 5. The molecule has 44 heavy (non-hydrogen) atoms. The van der Waals surface area contributed by atoms with E-state index in [0.717, 1.165) is 15.4 Å². The third-order valence-electron chi connectivity index (χ3n) is 8.22. The summed E-state index contributed by atoms with van der Waals surface area (Å²) in [6.07, 6.45) is -3.03. The molecule has 2 fully saturated rings. The fraction of sp³-hybridized carbons (Fsp3) is 0.250. The van der Waals surface area contributed by atoms with Crippen LogP contribution >= 0.6 is 0 Å². The van der Waals surface area contributed by atoms with Crippen molar-refractivity contribution < 1.29 is 47.7 Å². The first-order valence-corrected chi connectivity index (χ1v) is 13.8. The molecule has 0 aliphatic carbocycles. The molecule has 0 bridgehead atoms. The molecule has 4 aliphatic heterocycles. The highest BCUT2D eigenvalue weighted by Gasteiger charge is 2.51. The van der Waals surface area contributed by atoms with Crippen LogP contribution in [0.3, 0.4) is 0 Å². The monoisotopic (exact) mass is 596 g/mol. The van der Waals surface area contributed by atoms with Gasteiger partial charge in [-0.2, -0.15) is 0 Å². The lowest BCUT2D eigenvalue weighted by molar-refractivity contribution is -0.0287. The Labute approximate surface area is 250 Å². The van der Waals surface area contributed by atoms with E-state index in [1.54, 1.807) is 24.3 Å². The van der Waals surface area contributed by atoms with Gasteiger partial charge in [0.05, 0.1) is 52.3 Å². The van der Waals surface area contributed by atoms with E-state index in [2.05, 4.69) is 0 Å². The Morgan fingerprint density at radius 1 is 0.659 bits per heavy atom. The Morgan fingerprint density at radius 2 is 1.11 bits per heavy atom. The quantitative estimate of drug-likeness (QED) is 0.318. The van der Waals surface area contributed by atoms with Crippen molar-refractivity contribution in [2.24, 2.45) is 0 Å². The number of esters is 2. The Balaban J connectivity index is 1.00. The number of carbonyl (C=O) groups excluding carboxylic acids is 6. The van der Waals surface area contributed by atoms with Gasteiger partial charge in [0.25, 0.3) is 23.6 Å². The number of ether oxygens (including phenoxy) is 4. The standard InChI is InChI=1S/C32H24N2O10/c1-15-3-7-18(8-4-15)34-29(37)20-10-6-17(12-22(20)30(34)38)32(40)44-24-14-42-25-23(13-41-26(24)25)43-31(39)16-5-9-19-21(11-16)28(36)33(2)27(19)35/h3-12,23-26H,13-14H2,1-2H3/t23-,24+,25-,26-/m1/s1. The van der Waals surface area contributed by atoms with Crippen molar-refractivity contribution in [3.05, 3.63) is 99.6 Å². The summed E-state index contributed by atoms with van der Waals surface area (Å²) >= 11 is 0. The van der Waals surface area contributed by atoms with Crippen LogP contribution in [0.4, 0.5) is 5.69 Å². The van der Waals surface area contributed by atoms with E-state index in [1.165, 1.54) is 43.4 Å². The molecule has 4 heterocycles. The van der Waals surface area contributed by atoms with E-state index >= 15 is 0 Å². The third-order valence-corrected chi connectivity index (χ3v) is 8.22. The van der Waals surface area contributed by atoms with E-state index in [1.807, 2.05) is 6.92 Å². The summed E-state index contributed by atoms with van der Waals surface area (Å²) in [7, 11) is 1.37. The zero-order valence-corrected chi connectivity index (χ0v) is 23.5. The van der Waals surface area contributed by atoms with Crippen molar-refractivity contribution in [3.63, 3.8) is 0 Å². The highest BCUT2D eigenvalue weighted by atomic mass is 16.7. The summed E-state index contributed by atoms with van der Waals surface area (Å²) in [5.41, 5.74) is 2.20. The van der Waals surface area contributed by atoms with Crippen LogP contribution in [0.15, 0.2) is 60.7 Å². The zero-order chi connectivity index (χ0) is 30.9. The van der Waals surface area contributed by atoms with Gasteiger partial charge in [-0.15, -0.1) is 0 Å². The lowest BCUT2D eigenvalue weighted by Gasteiger charge is -2.17. The van der Waals surface area contributed by atoms with E-state index < -0.39 is 60.0 Å². The number of aryl methyl sites for hydroxylation is 1. The molecule has 2 saturated heterocycles. The molecule has 3 aromatic carbocycles. The van der Waals surface area contributed by atoms with Gasteiger partial charge in [0.15, 0.2) is 12.2 Å². The fourth-order valence-electron chi connectivity index (χ4n) is 5.83. The highest BCUT2D eigenvalue weighted by molar-refractivity contribution is 6.34. The molecule has 12 nitrogen and oxygen atoms in total. The highest BCUT2D eigenvalue weighted by Crippen LogP contribution is 2.33. The third kappa shape index (κ3) is 4.29. The van der Waals surface area contributed by atoms with Gasteiger partial charge in [0.1, 0.15) is 12.2 Å². The predicted molar refractivity (Wildman–Crippen MR) is 150 cm³/mol. The number of nitrogens with zero attached hydrogens (tertiary/aromatic N) is 2. The molecule has 0 radical (unpaired) electrons. The molecule has 3 aromatic rings. The maximum Gasteiger partial charge on any atom is 0.338 e. The molecular weight excluding hydrogens is 572 g/mol. The number of amides is 4. The molecule has 4 amide bonds. The topological polar surface area (TPSA) is 146 Å². The molecule has 222 valence electrons. The van der Waals surface area contributed by atoms with Crippen molar-refractivity contribution in [1.29, 1.82) is 0 Å². The van der Waals surface area contributed by atoms with Gasteiger partial charge < -0.3 is 18.9 Å². The van der Waals surface area contributed by atoms with Crippen LogP contribution in [0, 0.1) is 6.92 Å². The zero-order valence-electron chi connectivity index (χ0n) is 23.5. The van der Waals surface area contributed by atoms with Gasteiger partial charge >= 0.3 is 11.9 Å². The minimum Gasteiger partial charge on any atom is -0.453 e. The predicted octanol–water partition coefficient (Wildman–Crippen LogP) is 2.57. The van der Waals surface area contributed by atoms with Crippen molar-refractivity contribution in [3.8, 4) is 0 Å². The smallest absolute Gasteiger partial charge is 0.338 e. The molecular formula is C32H24N2O10. The van der Waals surface area contributed by atoms with Gasteiger partial charge in [-0.05, 0) is 55.5 Å². The fourth-order valence-corrected chi connectivity index (χ4v) is 5.83. The second-order valence-corrected chi connectivity index (χ2v) is 11.0. The van der Waals surface area contributed by atoms with Crippen LogP contribution in [0.5, 0.6) is 0 Å². The normalized spacial score (nSPS) is 23.6. The average molecular weight is 597 g/mol. The van der Waals surface area contributed by atoms with Crippen molar-refractivity contribution in [2.45, 2.75) is 31.3 Å². The van der Waals surface area contributed by atoms with E-state index in [4.69, 9.17) is 18.9 Å². The number of hydrogen-bond donors (Lipinski definition) is 0. The number of carbonyl (C=O) groups is 6. The van der Waals surface area contributed by atoms with Crippen LogP contribution in [-0.4, -0.2) is 85.1 Å². The Morgan fingerprint density at radius 3 is 1.66 bits per heavy atom. The Kier molecular flexibility index (Phi) is 6.41. The lowest BCUT2D eigenvalue weighted by atomic mass is 10.1. The van der Waals surface area contributed by atoms with E-state index in [0.29, 0.717) is 5.69 Å². The van der Waals surface area contributed by atoms with Crippen LogP contribution < -0.4 is 4.90 Å². The van der Waals surface area contributed by atoms with Crippen molar-refractivity contribution in [1.82, 2.24) is 4.90 Å². The first-order chi connectivity index (χ1) is 21.1. The molecule has 0 unspecified atom stereocenters. The molecule has 0 spiro atoms. The average Bonchev–Trinajstić information content (AvgIpc) is 3.73. The first kappa shape index (κ1) is 27.6. The van der Waals surface area contributed by atoms with Gasteiger partial charge in [0.2, 0.25) is 0 Å². The molecule has 0 aromatic heterocycles. The Hall–Kier alpha value is -5.20. The second kappa shape index (κ2) is 10.2. The molecule has 12 heteroatoms. The van der Waals surface area contributed by atoms with Gasteiger partial charge in [-0.25, -0.2) is 14.5 Å². The van der Waals surface area contributed by atoms with Gasteiger partial charge in [0, 0.05) is 7.05 Å². The molecule has 4 atom stereocenters. The summed E-state index contributed by atoms with van der Waals surface area (Å²) in [6, 6.07) is 15.3. The summed E-state index contributed by atoms with van der Waals surface area (Å²) in [6.45, 7) is 1.87. The molecule has 0 saturated carbocycles. The van der Waals surface area contributed by atoms with E-state index in [9.17, 15) is 28.8 Å². The number of benzene rings is 3. The van der Waals surface area contributed by atoms with Crippen molar-refractivity contribution >= 4 is 41.3 Å². The largest absolute Gasteiger partial charge is 0.453 e. The summed E-state index contributed by atoms with van der Waals surface area (Å²) in [5, 5.41) is 0. The number of hydrogen-bond acceptors (Lipinski definition) is 10. The number of imide groups is 2. The number of anilines is 1.